The van der Waals surface area contributed by atoms with Crippen LogP contribution in [0.15, 0.2) is 109 Å². The van der Waals surface area contributed by atoms with Gasteiger partial charge in [-0.15, -0.1) is 0 Å². The lowest BCUT2D eigenvalue weighted by molar-refractivity contribution is 0.101. The second-order valence-corrected chi connectivity index (χ2v) is 7.89. The van der Waals surface area contributed by atoms with Gasteiger partial charge in [0.25, 0.3) is 0 Å². The molecule has 1 aliphatic heterocycles. The topological polar surface area (TPSA) is 55.8 Å². The summed E-state index contributed by atoms with van der Waals surface area (Å²) in [6.45, 7) is 1.99. The predicted octanol–water partition coefficient (Wildman–Crippen LogP) is 6.95. The SMILES string of the molecule is Cc1cccc(/C=C2\Oc3cc(OC(=O)N(c4ccccc4)c4ccccc4)ccc3C2=O)c1. The number of aryl methyl sites for hydroxylation is 1. The second-order valence-electron chi connectivity index (χ2n) is 7.89. The van der Waals surface area contributed by atoms with Crippen LogP contribution in [0.1, 0.15) is 21.5 Å². The summed E-state index contributed by atoms with van der Waals surface area (Å²) in [5.41, 5.74) is 3.75. The molecule has 166 valence electrons. The first kappa shape index (κ1) is 21.2. The minimum Gasteiger partial charge on any atom is -0.452 e. The van der Waals surface area contributed by atoms with E-state index in [1.807, 2.05) is 91.9 Å². The third-order valence-corrected chi connectivity index (χ3v) is 5.40. The fourth-order valence-electron chi connectivity index (χ4n) is 3.80. The zero-order valence-electron chi connectivity index (χ0n) is 18.5. The maximum atomic E-state index is 13.2. The first-order chi connectivity index (χ1) is 16.6. The highest BCUT2D eigenvalue weighted by atomic mass is 16.6. The van der Waals surface area contributed by atoms with E-state index >= 15 is 0 Å². The number of benzene rings is 4. The molecule has 0 spiro atoms. The summed E-state index contributed by atoms with van der Waals surface area (Å²) in [4.78, 5) is 27.5. The number of hydrogen-bond donors (Lipinski definition) is 0. The Kier molecular flexibility index (Phi) is 5.67. The van der Waals surface area contributed by atoms with Crippen LogP contribution in [-0.4, -0.2) is 11.9 Å². The van der Waals surface area contributed by atoms with E-state index in [1.165, 1.54) is 4.90 Å². The molecule has 0 aliphatic carbocycles. The van der Waals surface area contributed by atoms with Crippen LogP contribution in [0, 0.1) is 6.92 Å². The van der Waals surface area contributed by atoms with Crippen molar-refractivity contribution in [3.05, 3.63) is 126 Å². The van der Waals surface area contributed by atoms with Gasteiger partial charge in [-0.2, -0.15) is 0 Å². The van der Waals surface area contributed by atoms with Crippen molar-refractivity contribution in [2.75, 3.05) is 4.90 Å². The molecule has 1 aliphatic rings. The number of ether oxygens (including phenoxy) is 2. The van der Waals surface area contributed by atoms with Crippen molar-refractivity contribution in [2.45, 2.75) is 6.92 Å². The van der Waals surface area contributed by atoms with Gasteiger partial charge in [0.15, 0.2) is 5.76 Å². The predicted molar refractivity (Wildman–Crippen MR) is 132 cm³/mol. The summed E-state index contributed by atoms with van der Waals surface area (Å²) in [6.07, 6.45) is 1.14. The van der Waals surface area contributed by atoms with Crippen LogP contribution in [0.3, 0.4) is 0 Å². The zero-order chi connectivity index (χ0) is 23.5. The highest BCUT2D eigenvalue weighted by Crippen LogP contribution is 2.35. The monoisotopic (exact) mass is 447 g/mol. The average molecular weight is 447 g/mol. The number of para-hydroxylation sites is 2. The number of carbonyl (C=O) groups is 2. The molecule has 0 atom stereocenters. The summed E-state index contributed by atoms with van der Waals surface area (Å²) in [5, 5.41) is 0. The summed E-state index contributed by atoms with van der Waals surface area (Å²) in [7, 11) is 0. The van der Waals surface area contributed by atoms with Crippen LogP contribution in [0.4, 0.5) is 16.2 Å². The molecule has 34 heavy (non-hydrogen) atoms. The second kappa shape index (κ2) is 9.08. The first-order valence-corrected chi connectivity index (χ1v) is 10.9. The number of amides is 1. The van der Waals surface area contributed by atoms with Crippen molar-refractivity contribution in [3.63, 3.8) is 0 Å². The normalized spacial score (nSPS) is 13.3. The van der Waals surface area contributed by atoms with Crippen molar-refractivity contribution in [3.8, 4) is 11.5 Å². The van der Waals surface area contributed by atoms with E-state index in [0.717, 1.165) is 11.1 Å². The van der Waals surface area contributed by atoms with E-state index in [0.29, 0.717) is 22.7 Å². The van der Waals surface area contributed by atoms with Crippen molar-refractivity contribution in [1.82, 2.24) is 0 Å². The average Bonchev–Trinajstić information content (AvgIpc) is 3.15. The molecule has 5 nitrogen and oxygen atoms in total. The molecule has 0 radical (unpaired) electrons. The maximum absolute atomic E-state index is 13.2. The van der Waals surface area contributed by atoms with E-state index in [-0.39, 0.29) is 17.3 Å². The Balaban J connectivity index is 1.40. The number of hydrogen-bond acceptors (Lipinski definition) is 4. The number of fused-ring (bicyclic) bond motifs is 1. The lowest BCUT2D eigenvalue weighted by Crippen LogP contribution is -2.29. The molecule has 0 aromatic heterocycles. The lowest BCUT2D eigenvalue weighted by Gasteiger charge is -2.22. The van der Waals surface area contributed by atoms with Gasteiger partial charge < -0.3 is 9.47 Å². The third-order valence-electron chi connectivity index (χ3n) is 5.40. The fourth-order valence-corrected chi connectivity index (χ4v) is 3.80. The largest absolute Gasteiger partial charge is 0.452 e. The number of allylic oxidation sites excluding steroid dienone is 1. The van der Waals surface area contributed by atoms with Crippen molar-refractivity contribution in [2.24, 2.45) is 0 Å². The number of Topliss-reactive ketones (excluding diaryl/α,β-unsaturated/α-hetero) is 1. The summed E-state index contributed by atoms with van der Waals surface area (Å²) in [6, 6.07) is 31.1. The van der Waals surface area contributed by atoms with Gasteiger partial charge >= 0.3 is 6.09 Å². The van der Waals surface area contributed by atoms with Crippen molar-refractivity contribution < 1.29 is 19.1 Å². The van der Waals surface area contributed by atoms with Crippen LogP contribution in [0.5, 0.6) is 11.5 Å². The van der Waals surface area contributed by atoms with Crippen LogP contribution in [-0.2, 0) is 0 Å². The third kappa shape index (κ3) is 4.32. The maximum Gasteiger partial charge on any atom is 0.424 e. The number of ketones is 1. The van der Waals surface area contributed by atoms with E-state index in [9.17, 15) is 9.59 Å². The molecule has 4 aromatic carbocycles. The number of carbonyl (C=O) groups excluding carboxylic acids is 2. The van der Waals surface area contributed by atoms with E-state index in [1.54, 1.807) is 24.3 Å². The molecule has 5 rings (SSSR count). The molecule has 0 N–H and O–H groups in total. The van der Waals surface area contributed by atoms with Gasteiger partial charge in [-0.05, 0) is 55.0 Å². The number of rotatable bonds is 4. The minimum atomic E-state index is -0.572. The molecular formula is C29H21NO4. The molecule has 4 aromatic rings. The molecule has 0 unspecified atom stereocenters. The smallest absolute Gasteiger partial charge is 0.424 e. The Bertz CT molecular complexity index is 1350. The Morgan fingerprint density at radius 2 is 1.50 bits per heavy atom. The summed E-state index contributed by atoms with van der Waals surface area (Å²) >= 11 is 0. The first-order valence-electron chi connectivity index (χ1n) is 10.9. The van der Waals surface area contributed by atoms with Gasteiger partial charge in [0.1, 0.15) is 11.5 Å². The van der Waals surface area contributed by atoms with E-state index < -0.39 is 6.09 Å². The molecule has 1 heterocycles. The Morgan fingerprint density at radius 1 is 0.824 bits per heavy atom. The Labute approximate surface area is 197 Å². The standard InChI is InChI=1S/C29H21NO4/c1-20-9-8-10-21(17-20)18-27-28(31)25-16-15-24(19-26(25)34-27)33-29(32)30(22-11-4-2-5-12-22)23-13-6-3-7-14-23/h2-19H,1H3/b27-18-. The molecule has 5 heteroatoms. The van der Waals surface area contributed by atoms with Crippen molar-refractivity contribution >= 4 is 29.3 Å². The molecule has 0 saturated heterocycles. The van der Waals surface area contributed by atoms with Crippen LogP contribution < -0.4 is 14.4 Å². The Hall–Kier alpha value is -4.64. The van der Waals surface area contributed by atoms with Gasteiger partial charge in [-0.1, -0.05) is 66.2 Å². The van der Waals surface area contributed by atoms with E-state index in [2.05, 4.69) is 0 Å². The fraction of sp³-hybridized carbons (Fsp3) is 0.0345. The number of nitrogens with zero attached hydrogens (tertiary/aromatic N) is 1. The molecule has 0 bridgehead atoms. The van der Waals surface area contributed by atoms with Gasteiger partial charge in [0.05, 0.1) is 16.9 Å². The molecule has 0 saturated carbocycles. The van der Waals surface area contributed by atoms with Gasteiger partial charge in [0, 0.05) is 6.07 Å². The quantitative estimate of drug-likeness (QED) is 0.318. The van der Waals surface area contributed by atoms with Gasteiger partial charge in [-0.3, -0.25) is 4.79 Å². The lowest BCUT2D eigenvalue weighted by atomic mass is 10.1. The van der Waals surface area contributed by atoms with E-state index in [4.69, 9.17) is 9.47 Å². The molecule has 0 fully saturated rings. The summed E-state index contributed by atoms with van der Waals surface area (Å²) in [5.74, 6) is 0.675. The van der Waals surface area contributed by atoms with Crippen molar-refractivity contribution in [1.29, 1.82) is 0 Å². The number of anilines is 2. The molecular weight excluding hydrogens is 426 g/mol. The summed E-state index contributed by atoms with van der Waals surface area (Å²) < 4.78 is 11.5. The highest BCUT2D eigenvalue weighted by Gasteiger charge is 2.28. The molecule has 1 amide bonds. The van der Waals surface area contributed by atoms with Crippen LogP contribution >= 0.6 is 0 Å². The van der Waals surface area contributed by atoms with Crippen LogP contribution in [0.2, 0.25) is 0 Å². The van der Waals surface area contributed by atoms with Gasteiger partial charge in [-0.25, -0.2) is 9.69 Å². The van der Waals surface area contributed by atoms with Gasteiger partial charge in [0.2, 0.25) is 5.78 Å². The Morgan fingerprint density at radius 3 is 2.15 bits per heavy atom. The minimum absolute atomic E-state index is 0.204. The highest BCUT2D eigenvalue weighted by molar-refractivity contribution is 6.14. The van der Waals surface area contributed by atoms with Crippen LogP contribution in [0.25, 0.3) is 6.08 Å². The zero-order valence-corrected chi connectivity index (χ0v) is 18.5.